The topological polar surface area (TPSA) is 86.8 Å². The Kier molecular flexibility index (Phi) is 11.1. The van der Waals surface area contributed by atoms with Gasteiger partial charge < -0.3 is 10.2 Å². The van der Waals surface area contributed by atoms with E-state index in [1.54, 1.807) is 60.7 Å². The third-order valence-corrected chi connectivity index (χ3v) is 9.61. The lowest BCUT2D eigenvalue weighted by atomic mass is 10.0. The lowest BCUT2D eigenvalue weighted by Gasteiger charge is -2.35. The minimum Gasteiger partial charge on any atom is -0.350 e. The van der Waals surface area contributed by atoms with Gasteiger partial charge in [-0.25, -0.2) is 8.42 Å². The summed E-state index contributed by atoms with van der Waals surface area (Å²) in [6.07, 6.45) is 0.227. The molecule has 1 N–H and O–H groups in total. The number of rotatable bonds is 11. The SMILES string of the molecule is Cc1ccc(S(=O)(=O)N(CC(=O)N(Cc2ccc(Cl)cc2)[C@H](Cc2ccccc2)C(=O)NC(C)(C)C)c2ccc(Br)cc2)cc1. The summed E-state index contributed by atoms with van der Waals surface area (Å²) in [5.74, 6) is -0.876. The van der Waals surface area contributed by atoms with Gasteiger partial charge in [-0.15, -0.1) is 0 Å². The zero-order chi connectivity index (χ0) is 32.8. The summed E-state index contributed by atoms with van der Waals surface area (Å²) in [6.45, 7) is 7.03. The highest BCUT2D eigenvalue weighted by molar-refractivity contribution is 9.10. The van der Waals surface area contributed by atoms with Gasteiger partial charge in [0, 0.05) is 28.0 Å². The van der Waals surface area contributed by atoms with Crippen LogP contribution in [0.5, 0.6) is 0 Å². The van der Waals surface area contributed by atoms with E-state index in [2.05, 4.69) is 21.2 Å². The summed E-state index contributed by atoms with van der Waals surface area (Å²) in [6, 6.07) is 28.7. The summed E-state index contributed by atoms with van der Waals surface area (Å²) in [5.41, 5.74) is 2.25. The van der Waals surface area contributed by atoms with Crippen LogP contribution in [0.25, 0.3) is 0 Å². The summed E-state index contributed by atoms with van der Waals surface area (Å²) >= 11 is 9.56. The molecule has 45 heavy (non-hydrogen) atoms. The second kappa shape index (κ2) is 14.6. The molecule has 1 atom stereocenters. The highest BCUT2D eigenvalue weighted by Crippen LogP contribution is 2.27. The summed E-state index contributed by atoms with van der Waals surface area (Å²) in [4.78, 5) is 30.0. The average molecular weight is 711 g/mol. The van der Waals surface area contributed by atoms with Crippen LogP contribution in [-0.4, -0.2) is 43.3 Å². The highest BCUT2D eigenvalue weighted by Gasteiger charge is 2.35. The minimum absolute atomic E-state index is 0.0550. The van der Waals surface area contributed by atoms with Crippen LogP contribution < -0.4 is 9.62 Å². The van der Waals surface area contributed by atoms with Crippen LogP contribution in [0.4, 0.5) is 5.69 Å². The summed E-state index contributed by atoms with van der Waals surface area (Å²) < 4.78 is 30.1. The molecule has 4 rings (SSSR count). The molecule has 10 heteroatoms. The van der Waals surface area contributed by atoms with E-state index in [0.29, 0.717) is 10.7 Å². The van der Waals surface area contributed by atoms with E-state index in [1.807, 2.05) is 58.0 Å². The normalized spacial score (nSPS) is 12.3. The molecular formula is C35H37BrClN3O4S. The number of nitrogens with zero attached hydrogens (tertiary/aromatic N) is 2. The maximum atomic E-state index is 14.5. The Morgan fingerprint density at radius 2 is 1.44 bits per heavy atom. The number of nitrogens with one attached hydrogen (secondary N) is 1. The number of benzene rings is 4. The molecule has 236 valence electrons. The molecule has 0 spiro atoms. The lowest BCUT2D eigenvalue weighted by Crippen LogP contribution is -2.56. The number of halogens is 2. The second-order valence-electron chi connectivity index (χ2n) is 11.9. The fraction of sp³-hybridized carbons (Fsp3) is 0.257. The molecule has 0 aliphatic carbocycles. The highest BCUT2D eigenvalue weighted by atomic mass is 79.9. The van der Waals surface area contributed by atoms with E-state index in [4.69, 9.17) is 11.6 Å². The average Bonchev–Trinajstić information content (AvgIpc) is 2.99. The monoisotopic (exact) mass is 709 g/mol. The molecule has 0 radical (unpaired) electrons. The predicted molar refractivity (Wildman–Crippen MR) is 184 cm³/mol. The van der Waals surface area contributed by atoms with Gasteiger partial charge in [-0.1, -0.05) is 87.7 Å². The fourth-order valence-electron chi connectivity index (χ4n) is 4.77. The first-order chi connectivity index (χ1) is 21.2. The van der Waals surface area contributed by atoms with Crippen molar-refractivity contribution in [1.29, 1.82) is 0 Å². The Morgan fingerprint density at radius 1 is 0.844 bits per heavy atom. The van der Waals surface area contributed by atoms with Gasteiger partial charge in [-0.2, -0.15) is 0 Å². The smallest absolute Gasteiger partial charge is 0.264 e. The van der Waals surface area contributed by atoms with E-state index in [0.717, 1.165) is 25.5 Å². The molecule has 7 nitrogen and oxygen atoms in total. The number of carbonyl (C=O) groups excluding carboxylic acids is 2. The molecule has 0 heterocycles. The summed E-state index contributed by atoms with van der Waals surface area (Å²) in [5, 5.41) is 3.57. The molecular weight excluding hydrogens is 674 g/mol. The molecule has 0 saturated carbocycles. The van der Waals surface area contributed by atoms with Gasteiger partial charge in [-0.3, -0.25) is 13.9 Å². The van der Waals surface area contributed by atoms with Crippen LogP contribution in [0.3, 0.4) is 0 Å². The molecule has 0 fully saturated rings. The Hall–Kier alpha value is -3.66. The molecule has 0 bridgehead atoms. The maximum Gasteiger partial charge on any atom is 0.264 e. The zero-order valence-electron chi connectivity index (χ0n) is 25.7. The number of hydrogen-bond acceptors (Lipinski definition) is 4. The Bertz CT molecular complexity index is 1710. The number of sulfonamides is 1. The summed E-state index contributed by atoms with van der Waals surface area (Å²) in [7, 11) is -4.17. The maximum absolute atomic E-state index is 14.5. The van der Waals surface area contributed by atoms with Gasteiger partial charge in [0.05, 0.1) is 10.6 Å². The van der Waals surface area contributed by atoms with Crippen molar-refractivity contribution >= 4 is 55.1 Å². The number of carbonyl (C=O) groups is 2. The fourth-order valence-corrected chi connectivity index (χ4v) is 6.57. The van der Waals surface area contributed by atoms with Crippen molar-refractivity contribution in [2.24, 2.45) is 0 Å². The molecule has 0 aliphatic heterocycles. The van der Waals surface area contributed by atoms with Crippen molar-refractivity contribution < 1.29 is 18.0 Å². The standard InChI is InChI=1S/C35H37BrClN3O4S/c1-25-10-20-31(21-11-25)45(43,44)40(30-18-14-28(36)15-19-30)24-33(41)39(23-27-12-16-29(37)17-13-27)32(34(42)38-35(2,3)4)22-26-8-6-5-7-9-26/h5-21,32H,22-24H2,1-4H3,(H,38,42)/t32-/m1/s1. The van der Waals surface area contributed by atoms with Crippen molar-refractivity contribution in [3.8, 4) is 0 Å². The van der Waals surface area contributed by atoms with Gasteiger partial charge >= 0.3 is 0 Å². The number of anilines is 1. The number of amides is 2. The van der Waals surface area contributed by atoms with Gasteiger partial charge in [-0.05, 0) is 87.4 Å². The Balaban J connectivity index is 1.81. The van der Waals surface area contributed by atoms with Crippen LogP contribution in [0.2, 0.25) is 5.02 Å². The largest absolute Gasteiger partial charge is 0.350 e. The molecule has 0 unspecified atom stereocenters. The lowest BCUT2D eigenvalue weighted by molar-refractivity contribution is -0.140. The van der Waals surface area contributed by atoms with Gasteiger partial charge in [0.2, 0.25) is 11.8 Å². The van der Waals surface area contributed by atoms with Crippen LogP contribution in [0, 0.1) is 6.92 Å². The predicted octanol–water partition coefficient (Wildman–Crippen LogP) is 7.16. The van der Waals surface area contributed by atoms with Gasteiger partial charge in [0.25, 0.3) is 10.0 Å². The van der Waals surface area contributed by atoms with Crippen molar-refractivity contribution in [3.05, 3.63) is 129 Å². The van der Waals surface area contributed by atoms with E-state index < -0.39 is 34.1 Å². The van der Waals surface area contributed by atoms with Crippen molar-refractivity contribution in [2.75, 3.05) is 10.8 Å². The molecule has 0 aromatic heterocycles. The molecule has 0 aliphatic rings. The third kappa shape index (κ3) is 9.42. The number of hydrogen-bond donors (Lipinski definition) is 1. The molecule has 4 aromatic rings. The van der Waals surface area contributed by atoms with Crippen molar-refractivity contribution in [1.82, 2.24) is 10.2 Å². The second-order valence-corrected chi connectivity index (χ2v) is 15.1. The van der Waals surface area contributed by atoms with Gasteiger partial charge in [0.15, 0.2) is 0 Å². The first kappa shape index (κ1) is 34.2. The molecule has 2 amide bonds. The van der Waals surface area contributed by atoms with Crippen LogP contribution in [0.15, 0.2) is 112 Å². The first-order valence-corrected chi connectivity index (χ1v) is 17.1. The minimum atomic E-state index is -4.17. The first-order valence-electron chi connectivity index (χ1n) is 14.5. The molecule has 0 saturated heterocycles. The van der Waals surface area contributed by atoms with Crippen LogP contribution in [0.1, 0.15) is 37.5 Å². The Labute approximate surface area is 279 Å². The number of aryl methyl sites for hydroxylation is 1. The van der Waals surface area contributed by atoms with Crippen LogP contribution in [-0.2, 0) is 32.6 Å². The van der Waals surface area contributed by atoms with E-state index >= 15 is 0 Å². The quantitative estimate of drug-likeness (QED) is 0.179. The Morgan fingerprint density at radius 3 is 2.02 bits per heavy atom. The van der Waals surface area contributed by atoms with Crippen LogP contribution >= 0.6 is 27.5 Å². The van der Waals surface area contributed by atoms with Gasteiger partial charge in [0.1, 0.15) is 12.6 Å². The molecule has 4 aromatic carbocycles. The van der Waals surface area contributed by atoms with Crippen molar-refractivity contribution in [3.63, 3.8) is 0 Å². The zero-order valence-corrected chi connectivity index (χ0v) is 28.9. The third-order valence-electron chi connectivity index (χ3n) is 7.04. The van der Waals surface area contributed by atoms with E-state index in [9.17, 15) is 18.0 Å². The van der Waals surface area contributed by atoms with Crippen molar-refractivity contribution in [2.45, 2.75) is 57.1 Å². The van der Waals surface area contributed by atoms with E-state index in [-0.39, 0.29) is 23.8 Å². The van der Waals surface area contributed by atoms with E-state index in [1.165, 1.54) is 17.0 Å².